The first-order valence-electron chi connectivity index (χ1n) is 5.38. The number of nitrogens with one attached hydrogen (secondary N) is 1. The largest absolute Gasteiger partial charge is 0.384 e. The number of anilines is 1. The molecule has 0 aliphatic heterocycles. The summed E-state index contributed by atoms with van der Waals surface area (Å²) in [4.78, 5) is 0. The van der Waals surface area contributed by atoms with Gasteiger partial charge in [0.05, 0.1) is 11.3 Å². The van der Waals surface area contributed by atoms with Crippen molar-refractivity contribution in [3.8, 4) is 6.07 Å². The number of benzene rings is 1. The van der Waals surface area contributed by atoms with E-state index < -0.39 is 0 Å². The fraction of sp³-hybridized carbons (Fsp3) is 0.462. The van der Waals surface area contributed by atoms with Gasteiger partial charge in [-0.15, -0.1) is 0 Å². The average molecular weight is 202 g/mol. The Hall–Kier alpha value is -1.49. The molecule has 1 aromatic carbocycles. The minimum atomic E-state index is 0.687. The van der Waals surface area contributed by atoms with Gasteiger partial charge in [0, 0.05) is 6.54 Å². The van der Waals surface area contributed by atoms with Crippen molar-refractivity contribution in [2.45, 2.75) is 27.2 Å². The van der Waals surface area contributed by atoms with Gasteiger partial charge in [-0.1, -0.05) is 26.0 Å². The molecule has 0 bridgehead atoms. The van der Waals surface area contributed by atoms with Gasteiger partial charge >= 0.3 is 0 Å². The fourth-order valence-electron chi connectivity index (χ4n) is 1.48. The van der Waals surface area contributed by atoms with Crippen LogP contribution in [0.1, 0.15) is 31.4 Å². The lowest BCUT2D eigenvalue weighted by atomic mass is 10.1. The number of nitriles is 1. The molecule has 0 radical (unpaired) electrons. The summed E-state index contributed by atoms with van der Waals surface area (Å²) in [5, 5.41) is 12.3. The van der Waals surface area contributed by atoms with Gasteiger partial charge in [0.1, 0.15) is 6.07 Å². The van der Waals surface area contributed by atoms with Crippen molar-refractivity contribution in [1.82, 2.24) is 0 Å². The normalized spacial score (nSPS) is 10.1. The molecular weight excluding hydrogens is 184 g/mol. The van der Waals surface area contributed by atoms with Crippen LogP contribution in [0.4, 0.5) is 5.69 Å². The SMILES string of the molecule is Cc1cccc(C#N)c1NCCC(C)C. The topological polar surface area (TPSA) is 35.8 Å². The molecule has 1 aromatic rings. The fourth-order valence-corrected chi connectivity index (χ4v) is 1.48. The number of hydrogen-bond acceptors (Lipinski definition) is 2. The molecule has 0 fully saturated rings. The molecule has 0 aliphatic rings. The van der Waals surface area contributed by atoms with E-state index in [2.05, 4.69) is 25.2 Å². The van der Waals surface area contributed by atoms with Crippen LogP contribution in [0.5, 0.6) is 0 Å². The van der Waals surface area contributed by atoms with E-state index >= 15 is 0 Å². The molecule has 0 saturated carbocycles. The summed E-state index contributed by atoms with van der Waals surface area (Å²) >= 11 is 0. The maximum Gasteiger partial charge on any atom is 0.101 e. The zero-order valence-electron chi connectivity index (χ0n) is 9.67. The Morgan fingerprint density at radius 1 is 1.40 bits per heavy atom. The molecule has 0 aromatic heterocycles. The highest BCUT2D eigenvalue weighted by atomic mass is 14.9. The summed E-state index contributed by atoms with van der Waals surface area (Å²) < 4.78 is 0. The van der Waals surface area contributed by atoms with Crippen LogP contribution in [-0.4, -0.2) is 6.54 Å². The molecule has 0 aliphatic carbocycles. The molecular formula is C13H18N2. The molecule has 1 N–H and O–H groups in total. The second-order valence-electron chi connectivity index (χ2n) is 4.22. The van der Waals surface area contributed by atoms with E-state index in [1.165, 1.54) is 0 Å². The maximum atomic E-state index is 8.96. The van der Waals surface area contributed by atoms with Gasteiger partial charge in [-0.05, 0) is 30.9 Å². The molecule has 2 nitrogen and oxygen atoms in total. The standard InChI is InChI=1S/C13H18N2/c1-10(2)7-8-15-13-11(3)5-4-6-12(13)9-14/h4-6,10,15H,7-8H2,1-3H3. The average Bonchev–Trinajstić information content (AvgIpc) is 2.20. The van der Waals surface area contributed by atoms with Crippen molar-refractivity contribution in [3.05, 3.63) is 29.3 Å². The molecule has 0 saturated heterocycles. The van der Waals surface area contributed by atoms with Gasteiger partial charge in [-0.2, -0.15) is 5.26 Å². The third-order valence-corrected chi connectivity index (χ3v) is 2.42. The van der Waals surface area contributed by atoms with Crippen LogP contribution in [0.3, 0.4) is 0 Å². The Balaban J connectivity index is 2.71. The second-order valence-corrected chi connectivity index (χ2v) is 4.22. The Bertz CT molecular complexity index is 361. The van der Waals surface area contributed by atoms with E-state index in [1.54, 1.807) is 0 Å². The highest BCUT2D eigenvalue weighted by Gasteiger charge is 2.04. The molecule has 0 spiro atoms. The van der Waals surface area contributed by atoms with Crippen molar-refractivity contribution in [3.63, 3.8) is 0 Å². The Kier molecular flexibility index (Phi) is 4.17. The monoisotopic (exact) mass is 202 g/mol. The molecule has 0 heterocycles. The second kappa shape index (κ2) is 5.41. The van der Waals surface area contributed by atoms with Gasteiger partial charge in [-0.3, -0.25) is 0 Å². The zero-order valence-corrected chi connectivity index (χ0v) is 9.67. The van der Waals surface area contributed by atoms with E-state index in [0.29, 0.717) is 5.92 Å². The summed E-state index contributed by atoms with van der Waals surface area (Å²) in [5.74, 6) is 0.687. The van der Waals surface area contributed by atoms with E-state index in [-0.39, 0.29) is 0 Å². The van der Waals surface area contributed by atoms with Gasteiger partial charge in [0.25, 0.3) is 0 Å². The number of para-hydroxylation sites is 1. The number of hydrogen-bond donors (Lipinski definition) is 1. The predicted octanol–water partition coefficient (Wildman–Crippen LogP) is 3.32. The predicted molar refractivity (Wildman–Crippen MR) is 63.8 cm³/mol. The van der Waals surface area contributed by atoms with Crippen molar-refractivity contribution in [2.24, 2.45) is 5.92 Å². The van der Waals surface area contributed by atoms with Gasteiger partial charge < -0.3 is 5.32 Å². The Labute approximate surface area is 91.9 Å². The molecule has 0 atom stereocenters. The number of aryl methyl sites for hydroxylation is 1. The quantitative estimate of drug-likeness (QED) is 0.813. The summed E-state index contributed by atoms with van der Waals surface area (Å²) in [6.45, 7) is 7.35. The van der Waals surface area contributed by atoms with Crippen LogP contribution in [0.2, 0.25) is 0 Å². The molecule has 0 amide bonds. The van der Waals surface area contributed by atoms with Crippen molar-refractivity contribution in [2.75, 3.05) is 11.9 Å². The van der Waals surface area contributed by atoms with Crippen LogP contribution < -0.4 is 5.32 Å². The van der Waals surface area contributed by atoms with Crippen LogP contribution in [0, 0.1) is 24.2 Å². The minimum Gasteiger partial charge on any atom is -0.384 e. The highest BCUT2D eigenvalue weighted by Crippen LogP contribution is 2.19. The van der Waals surface area contributed by atoms with Crippen LogP contribution >= 0.6 is 0 Å². The van der Waals surface area contributed by atoms with E-state index in [9.17, 15) is 0 Å². The zero-order chi connectivity index (χ0) is 11.3. The third-order valence-electron chi connectivity index (χ3n) is 2.42. The molecule has 80 valence electrons. The minimum absolute atomic E-state index is 0.687. The first-order chi connectivity index (χ1) is 7.15. The van der Waals surface area contributed by atoms with E-state index in [1.807, 2.05) is 25.1 Å². The summed E-state index contributed by atoms with van der Waals surface area (Å²) in [6.07, 6.45) is 1.12. The lowest BCUT2D eigenvalue weighted by molar-refractivity contribution is 0.607. The Morgan fingerprint density at radius 2 is 2.13 bits per heavy atom. The lowest BCUT2D eigenvalue weighted by Gasteiger charge is -2.12. The number of rotatable bonds is 4. The Morgan fingerprint density at radius 3 is 2.73 bits per heavy atom. The maximum absolute atomic E-state index is 8.96. The molecule has 0 unspecified atom stereocenters. The van der Waals surface area contributed by atoms with Gasteiger partial charge in [-0.25, -0.2) is 0 Å². The van der Waals surface area contributed by atoms with E-state index in [0.717, 1.165) is 29.8 Å². The summed E-state index contributed by atoms with van der Waals surface area (Å²) in [7, 11) is 0. The molecule has 2 heteroatoms. The van der Waals surface area contributed by atoms with Gasteiger partial charge in [0.2, 0.25) is 0 Å². The van der Waals surface area contributed by atoms with Crippen LogP contribution in [0.25, 0.3) is 0 Å². The third kappa shape index (κ3) is 3.28. The highest BCUT2D eigenvalue weighted by molar-refractivity contribution is 5.62. The lowest BCUT2D eigenvalue weighted by Crippen LogP contribution is -2.07. The van der Waals surface area contributed by atoms with Crippen LogP contribution in [-0.2, 0) is 0 Å². The molecule has 15 heavy (non-hydrogen) atoms. The first kappa shape index (κ1) is 11.6. The van der Waals surface area contributed by atoms with E-state index in [4.69, 9.17) is 5.26 Å². The van der Waals surface area contributed by atoms with Crippen molar-refractivity contribution < 1.29 is 0 Å². The first-order valence-corrected chi connectivity index (χ1v) is 5.38. The van der Waals surface area contributed by atoms with Gasteiger partial charge in [0.15, 0.2) is 0 Å². The summed E-state index contributed by atoms with van der Waals surface area (Å²) in [6, 6.07) is 8.01. The molecule has 1 rings (SSSR count). The number of nitrogens with zero attached hydrogens (tertiary/aromatic N) is 1. The van der Waals surface area contributed by atoms with Crippen molar-refractivity contribution >= 4 is 5.69 Å². The smallest absolute Gasteiger partial charge is 0.101 e. The summed E-state index contributed by atoms with van der Waals surface area (Å²) in [5.41, 5.74) is 2.86. The van der Waals surface area contributed by atoms with Crippen molar-refractivity contribution in [1.29, 1.82) is 5.26 Å². The van der Waals surface area contributed by atoms with Crippen LogP contribution in [0.15, 0.2) is 18.2 Å².